The summed E-state index contributed by atoms with van der Waals surface area (Å²) in [5, 5.41) is 13.6. The van der Waals surface area contributed by atoms with Crippen LogP contribution in [0.4, 0.5) is 4.39 Å². The molecule has 1 aliphatic rings. The molecule has 128 valence electrons. The first-order valence-corrected chi connectivity index (χ1v) is 8.44. The normalized spacial score (nSPS) is 17.3. The van der Waals surface area contributed by atoms with Crippen LogP contribution in [-0.2, 0) is 13.0 Å². The van der Waals surface area contributed by atoms with Crippen LogP contribution in [0.15, 0.2) is 42.6 Å². The Hall–Kier alpha value is -1.82. The molecule has 24 heavy (non-hydrogen) atoms. The topological polar surface area (TPSA) is 48.4 Å². The molecule has 0 saturated heterocycles. The molecule has 0 amide bonds. The zero-order chi connectivity index (χ0) is 16.9. The summed E-state index contributed by atoms with van der Waals surface area (Å²) in [6.07, 6.45) is 1.81. The standard InChI is InChI=1S/C19H24FN3O/c1-14(19-7-6-17(20)10-22-19)21-11-18(24)13-23-9-8-15-4-2-3-5-16(15)12-23/h2-7,10,14,18,21,24H,8-9,11-13H2,1H3. The first-order chi connectivity index (χ1) is 11.6. The second kappa shape index (κ2) is 7.83. The van der Waals surface area contributed by atoms with E-state index in [9.17, 15) is 9.50 Å². The number of hydrogen-bond donors (Lipinski definition) is 2. The van der Waals surface area contributed by atoms with Gasteiger partial charge < -0.3 is 10.4 Å². The summed E-state index contributed by atoms with van der Waals surface area (Å²) in [5.74, 6) is -0.337. The third kappa shape index (κ3) is 4.38. The third-order valence-electron chi connectivity index (χ3n) is 4.53. The number of aliphatic hydroxyl groups is 1. The number of nitrogens with one attached hydrogen (secondary N) is 1. The molecule has 0 radical (unpaired) electrons. The molecular weight excluding hydrogens is 305 g/mol. The van der Waals surface area contributed by atoms with Crippen LogP contribution in [0.1, 0.15) is 29.8 Å². The fourth-order valence-electron chi connectivity index (χ4n) is 3.13. The maximum Gasteiger partial charge on any atom is 0.141 e. The predicted octanol–water partition coefficient (Wildman–Crippen LogP) is 2.29. The lowest BCUT2D eigenvalue weighted by Crippen LogP contribution is -2.41. The van der Waals surface area contributed by atoms with Gasteiger partial charge in [0, 0.05) is 32.2 Å². The highest BCUT2D eigenvalue weighted by molar-refractivity contribution is 5.29. The van der Waals surface area contributed by atoms with Crippen LogP contribution in [0.2, 0.25) is 0 Å². The minimum absolute atomic E-state index is 0.0256. The van der Waals surface area contributed by atoms with Crippen molar-refractivity contribution in [3.8, 4) is 0 Å². The second-order valence-electron chi connectivity index (χ2n) is 6.44. The first-order valence-electron chi connectivity index (χ1n) is 8.44. The molecule has 0 saturated carbocycles. The van der Waals surface area contributed by atoms with E-state index >= 15 is 0 Å². The van der Waals surface area contributed by atoms with E-state index in [2.05, 4.69) is 39.5 Å². The van der Waals surface area contributed by atoms with Crippen molar-refractivity contribution in [1.29, 1.82) is 0 Å². The van der Waals surface area contributed by atoms with Gasteiger partial charge in [0.1, 0.15) is 5.82 Å². The molecule has 1 aromatic heterocycles. The number of rotatable bonds is 6. The highest BCUT2D eigenvalue weighted by atomic mass is 19.1. The Labute approximate surface area is 142 Å². The van der Waals surface area contributed by atoms with Crippen molar-refractivity contribution in [1.82, 2.24) is 15.2 Å². The summed E-state index contributed by atoms with van der Waals surface area (Å²) in [6.45, 7) is 4.96. The van der Waals surface area contributed by atoms with Gasteiger partial charge in [-0.25, -0.2) is 4.39 Å². The van der Waals surface area contributed by atoms with Gasteiger partial charge in [0.15, 0.2) is 0 Å². The molecule has 0 aliphatic carbocycles. The third-order valence-corrected chi connectivity index (χ3v) is 4.53. The molecular formula is C19H24FN3O. The molecule has 0 fully saturated rings. The van der Waals surface area contributed by atoms with Crippen molar-refractivity contribution in [2.75, 3.05) is 19.6 Å². The SMILES string of the molecule is CC(NCC(O)CN1CCc2ccccc2C1)c1ccc(F)cn1. The van der Waals surface area contributed by atoms with Gasteiger partial charge in [-0.2, -0.15) is 0 Å². The fraction of sp³-hybridized carbons (Fsp3) is 0.421. The van der Waals surface area contributed by atoms with Gasteiger partial charge in [-0.05, 0) is 36.6 Å². The lowest BCUT2D eigenvalue weighted by Gasteiger charge is -2.30. The molecule has 4 nitrogen and oxygen atoms in total. The van der Waals surface area contributed by atoms with Crippen molar-refractivity contribution < 1.29 is 9.50 Å². The maximum atomic E-state index is 12.9. The van der Waals surface area contributed by atoms with Crippen molar-refractivity contribution in [2.24, 2.45) is 0 Å². The number of halogens is 1. The number of hydrogen-bond acceptors (Lipinski definition) is 4. The first kappa shape index (κ1) is 17.0. The van der Waals surface area contributed by atoms with Crippen LogP contribution in [-0.4, -0.2) is 40.7 Å². The van der Waals surface area contributed by atoms with Crippen molar-refractivity contribution in [3.63, 3.8) is 0 Å². The average Bonchev–Trinajstić information content (AvgIpc) is 2.60. The lowest BCUT2D eigenvalue weighted by molar-refractivity contribution is 0.102. The monoisotopic (exact) mass is 329 g/mol. The Morgan fingerprint density at radius 2 is 2.04 bits per heavy atom. The minimum Gasteiger partial charge on any atom is -0.390 e. The number of pyridine rings is 1. The highest BCUT2D eigenvalue weighted by Gasteiger charge is 2.18. The highest BCUT2D eigenvalue weighted by Crippen LogP contribution is 2.18. The van der Waals surface area contributed by atoms with E-state index in [-0.39, 0.29) is 11.9 Å². The Morgan fingerprint density at radius 3 is 2.79 bits per heavy atom. The zero-order valence-electron chi connectivity index (χ0n) is 14.0. The minimum atomic E-state index is -0.446. The van der Waals surface area contributed by atoms with E-state index in [1.807, 2.05) is 6.92 Å². The van der Waals surface area contributed by atoms with Gasteiger partial charge in [0.05, 0.1) is 18.0 Å². The molecule has 3 rings (SSSR count). The molecule has 2 unspecified atom stereocenters. The van der Waals surface area contributed by atoms with Crippen LogP contribution in [0.25, 0.3) is 0 Å². The van der Waals surface area contributed by atoms with Gasteiger partial charge in [-0.15, -0.1) is 0 Å². The predicted molar refractivity (Wildman–Crippen MR) is 92.0 cm³/mol. The van der Waals surface area contributed by atoms with Gasteiger partial charge in [0.25, 0.3) is 0 Å². The summed E-state index contributed by atoms with van der Waals surface area (Å²) in [4.78, 5) is 6.35. The lowest BCUT2D eigenvalue weighted by atomic mass is 10.00. The summed E-state index contributed by atoms with van der Waals surface area (Å²) in [6, 6.07) is 11.5. The number of benzene rings is 1. The van der Waals surface area contributed by atoms with E-state index in [4.69, 9.17) is 0 Å². The molecule has 5 heteroatoms. The van der Waals surface area contributed by atoms with Crippen molar-refractivity contribution >= 4 is 0 Å². The molecule has 2 heterocycles. The number of fused-ring (bicyclic) bond motifs is 1. The van der Waals surface area contributed by atoms with E-state index in [1.165, 1.54) is 23.4 Å². The summed E-state index contributed by atoms with van der Waals surface area (Å²) < 4.78 is 12.9. The molecule has 2 N–H and O–H groups in total. The number of aromatic nitrogens is 1. The fourth-order valence-corrected chi connectivity index (χ4v) is 3.13. The Bertz CT molecular complexity index is 662. The molecule has 1 aromatic carbocycles. The van der Waals surface area contributed by atoms with E-state index < -0.39 is 6.10 Å². The van der Waals surface area contributed by atoms with Gasteiger partial charge in [-0.1, -0.05) is 24.3 Å². The molecule has 0 bridgehead atoms. The number of aliphatic hydroxyl groups excluding tert-OH is 1. The second-order valence-corrected chi connectivity index (χ2v) is 6.44. The summed E-state index contributed by atoms with van der Waals surface area (Å²) in [7, 11) is 0. The van der Waals surface area contributed by atoms with Crippen LogP contribution in [0, 0.1) is 5.82 Å². The summed E-state index contributed by atoms with van der Waals surface area (Å²) >= 11 is 0. The smallest absolute Gasteiger partial charge is 0.141 e. The number of β-amino-alcohol motifs (C(OH)–C–C–N with tert-alkyl or cyclic N) is 1. The average molecular weight is 329 g/mol. The van der Waals surface area contributed by atoms with E-state index in [0.29, 0.717) is 13.1 Å². The quantitative estimate of drug-likeness (QED) is 0.854. The molecule has 2 atom stereocenters. The van der Waals surface area contributed by atoms with Crippen LogP contribution >= 0.6 is 0 Å². The zero-order valence-corrected chi connectivity index (χ0v) is 14.0. The van der Waals surface area contributed by atoms with Crippen LogP contribution < -0.4 is 5.32 Å². The largest absolute Gasteiger partial charge is 0.390 e. The Kier molecular flexibility index (Phi) is 5.56. The van der Waals surface area contributed by atoms with Crippen LogP contribution in [0.3, 0.4) is 0 Å². The Morgan fingerprint density at radius 1 is 1.25 bits per heavy atom. The van der Waals surface area contributed by atoms with Crippen LogP contribution in [0.5, 0.6) is 0 Å². The van der Waals surface area contributed by atoms with Crippen molar-refractivity contribution in [2.45, 2.75) is 32.0 Å². The molecule has 0 spiro atoms. The van der Waals surface area contributed by atoms with Gasteiger partial charge in [-0.3, -0.25) is 9.88 Å². The van der Waals surface area contributed by atoms with Gasteiger partial charge in [0.2, 0.25) is 0 Å². The van der Waals surface area contributed by atoms with Gasteiger partial charge >= 0.3 is 0 Å². The summed E-state index contributed by atoms with van der Waals surface area (Å²) in [5.41, 5.74) is 3.54. The Balaban J connectivity index is 1.46. The molecule has 1 aliphatic heterocycles. The molecule has 2 aromatic rings. The van der Waals surface area contributed by atoms with E-state index in [0.717, 1.165) is 25.2 Å². The van der Waals surface area contributed by atoms with Crippen molar-refractivity contribution in [3.05, 3.63) is 65.2 Å². The number of nitrogens with zero attached hydrogens (tertiary/aromatic N) is 2. The maximum absolute atomic E-state index is 12.9. The van der Waals surface area contributed by atoms with E-state index in [1.54, 1.807) is 6.07 Å².